The molecule has 3 heteroatoms. The van der Waals surface area contributed by atoms with Crippen LogP contribution in [0.4, 0.5) is 8.78 Å². The molecule has 1 atom stereocenters. The molecule has 1 aliphatic rings. The lowest BCUT2D eigenvalue weighted by Crippen LogP contribution is -2.22. The largest absolute Gasteiger partial charge is 0.324 e. The van der Waals surface area contributed by atoms with Crippen LogP contribution in [0.1, 0.15) is 42.9 Å². The molecule has 0 aromatic heterocycles. The Morgan fingerprint density at radius 1 is 1.25 bits per heavy atom. The highest BCUT2D eigenvalue weighted by atomic mass is 19.1. The van der Waals surface area contributed by atoms with E-state index in [9.17, 15) is 8.78 Å². The molecule has 1 nitrogen and oxygen atoms in total. The van der Waals surface area contributed by atoms with Crippen LogP contribution >= 0.6 is 0 Å². The molecule has 0 bridgehead atoms. The van der Waals surface area contributed by atoms with Gasteiger partial charge < -0.3 is 5.73 Å². The summed E-state index contributed by atoms with van der Waals surface area (Å²) in [5.74, 6) is -0.757. The summed E-state index contributed by atoms with van der Waals surface area (Å²) in [6.07, 6.45) is 4.20. The number of rotatable bonds is 2. The second-order valence-electron chi connectivity index (χ2n) is 4.66. The minimum absolute atomic E-state index is 0.0758. The van der Waals surface area contributed by atoms with Crippen LogP contribution in [0.15, 0.2) is 12.1 Å². The first-order valence-corrected chi connectivity index (χ1v) is 5.81. The predicted molar refractivity (Wildman–Crippen MR) is 60.0 cm³/mol. The van der Waals surface area contributed by atoms with E-state index in [4.69, 9.17) is 5.73 Å². The number of aryl methyl sites for hydroxylation is 1. The maximum Gasteiger partial charge on any atom is 0.133 e. The van der Waals surface area contributed by atoms with Crippen molar-refractivity contribution in [2.24, 2.45) is 11.7 Å². The van der Waals surface area contributed by atoms with Gasteiger partial charge in [-0.1, -0.05) is 18.9 Å². The van der Waals surface area contributed by atoms with Crippen molar-refractivity contribution in [2.75, 3.05) is 0 Å². The van der Waals surface area contributed by atoms with E-state index in [2.05, 4.69) is 0 Å². The van der Waals surface area contributed by atoms with E-state index in [0.29, 0.717) is 5.56 Å². The van der Waals surface area contributed by atoms with Gasteiger partial charge in [0.25, 0.3) is 0 Å². The average Bonchev–Trinajstić information content (AvgIpc) is 2.77. The van der Waals surface area contributed by atoms with Crippen LogP contribution in [0.5, 0.6) is 0 Å². The Bertz CT molecular complexity index is 384. The Labute approximate surface area is 94.7 Å². The molecular formula is C13H17F2N. The van der Waals surface area contributed by atoms with Gasteiger partial charge in [0, 0.05) is 11.6 Å². The molecule has 1 fully saturated rings. The minimum Gasteiger partial charge on any atom is -0.324 e. The Balaban J connectivity index is 2.34. The van der Waals surface area contributed by atoms with Gasteiger partial charge in [-0.15, -0.1) is 0 Å². The van der Waals surface area contributed by atoms with Gasteiger partial charge in [-0.3, -0.25) is 0 Å². The minimum atomic E-state index is -0.512. The zero-order valence-electron chi connectivity index (χ0n) is 9.47. The summed E-state index contributed by atoms with van der Waals surface area (Å²) in [5.41, 5.74) is 6.53. The number of halogens is 2. The second kappa shape index (κ2) is 4.50. The van der Waals surface area contributed by atoms with Crippen molar-refractivity contribution in [3.05, 3.63) is 34.9 Å². The SMILES string of the molecule is Cc1ccc(F)c(C(N)C2CCCC2)c1F. The Morgan fingerprint density at radius 2 is 1.88 bits per heavy atom. The first-order valence-electron chi connectivity index (χ1n) is 5.81. The molecule has 1 unspecified atom stereocenters. The highest BCUT2D eigenvalue weighted by molar-refractivity contribution is 5.29. The molecule has 0 aliphatic heterocycles. The third-order valence-corrected chi connectivity index (χ3v) is 3.56. The van der Waals surface area contributed by atoms with Crippen LogP contribution < -0.4 is 5.73 Å². The Kier molecular flexibility index (Phi) is 3.24. The molecule has 88 valence electrons. The van der Waals surface area contributed by atoms with Gasteiger partial charge in [0.15, 0.2) is 0 Å². The fourth-order valence-electron chi connectivity index (χ4n) is 2.54. The zero-order chi connectivity index (χ0) is 11.7. The summed E-state index contributed by atoms with van der Waals surface area (Å²) in [4.78, 5) is 0. The lowest BCUT2D eigenvalue weighted by molar-refractivity contribution is 0.409. The molecule has 1 aliphatic carbocycles. The van der Waals surface area contributed by atoms with Gasteiger partial charge in [-0.05, 0) is 37.3 Å². The van der Waals surface area contributed by atoms with E-state index in [-0.39, 0.29) is 11.5 Å². The topological polar surface area (TPSA) is 26.0 Å². The third-order valence-electron chi connectivity index (χ3n) is 3.56. The van der Waals surface area contributed by atoms with E-state index in [1.807, 2.05) is 0 Å². The fraction of sp³-hybridized carbons (Fsp3) is 0.538. The molecule has 2 N–H and O–H groups in total. The predicted octanol–water partition coefficient (Wildman–Crippen LogP) is 3.46. The molecule has 2 rings (SSSR count). The maximum absolute atomic E-state index is 13.8. The van der Waals surface area contributed by atoms with Crippen molar-refractivity contribution in [3.8, 4) is 0 Å². The van der Waals surface area contributed by atoms with Crippen LogP contribution in [0.2, 0.25) is 0 Å². The van der Waals surface area contributed by atoms with Crippen LogP contribution in [0.3, 0.4) is 0 Å². The van der Waals surface area contributed by atoms with Gasteiger partial charge in [0.2, 0.25) is 0 Å². The average molecular weight is 225 g/mol. The molecule has 0 spiro atoms. The first kappa shape index (κ1) is 11.5. The molecule has 1 aromatic rings. The number of hydrogen-bond acceptors (Lipinski definition) is 1. The normalized spacial score (nSPS) is 19.0. The summed E-state index contributed by atoms with van der Waals surface area (Å²) < 4.78 is 27.5. The van der Waals surface area contributed by atoms with Crippen LogP contribution in [0, 0.1) is 24.5 Å². The van der Waals surface area contributed by atoms with Gasteiger partial charge in [-0.25, -0.2) is 8.78 Å². The summed E-state index contributed by atoms with van der Waals surface area (Å²) in [6.45, 7) is 1.64. The van der Waals surface area contributed by atoms with Gasteiger partial charge in [0.1, 0.15) is 11.6 Å². The van der Waals surface area contributed by atoms with Crippen LogP contribution in [-0.4, -0.2) is 0 Å². The number of benzene rings is 1. The van der Waals surface area contributed by atoms with Crippen molar-refractivity contribution in [3.63, 3.8) is 0 Å². The summed E-state index contributed by atoms with van der Waals surface area (Å²) in [5, 5.41) is 0. The standard InChI is InChI=1S/C13H17F2N/c1-8-6-7-10(14)11(12(8)15)13(16)9-4-2-3-5-9/h6-7,9,13H,2-5,16H2,1H3. The van der Waals surface area contributed by atoms with Crippen molar-refractivity contribution >= 4 is 0 Å². The zero-order valence-corrected chi connectivity index (χ0v) is 9.47. The highest BCUT2D eigenvalue weighted by Crippen LogP contribution is 2.36. The van der Waals surface area contributed by atoms with Gasteiger partial charge in [-0.2, -0.15) is 0 Å². The quantitative estimate of drug-likeness (QED) is 0.819. The van der Waals surface area contributed by atoms with Crippen LogP contribution in [-0.2, 0) is 0 Å². The summed E-state index contributed by atoms with van der Waals surface area (Å²) in [6, 6.07) is 2.26. The molecule has 1 saturated carbocycles. The van der Waals surface area contributed by atoms with E-state index >= 15 is 0 Å². The smallest absolute Gasteiger partial charge is 0.133 e. The monoisotopic (exact) mass is 225 g/mol. The maximum atomic E-state index is 13.8. The van der Waals surface area contributed by atoms with E-state index in [0.717, 1.165) is 25.7 Å². The lowest BCUT2D eigenvalue weighted by atomic mass is 9.91. The van der Waals surface area contributed by atoms with E-state index in [1.165, 1.54) is 12.1 Å². The van der Waals surface area contributed by atoms with Gasteiger partial charge >= 0.3 is 0 Å². The molecule has 16 heavy (non-hydrogen) atoms. The first-order chi connectivity index (χ1) is 7.61. The fourth-order valence-corrected chi connectivity index (χ4v) is 2.54. The summed E-state index contributed by atoms with van der Waals surface area (Å²) in [7, 11) is 0. The molecule has 0 heterocycles. The Morgan fingerprint density at radius 3 is 2.50 bits per heavy atom. The molecule has 0 amide bonds. The molecule has 0 radical (unpaired) electrons. The van der Waals surface area contributed by atoms with Crippen molar-refractivity contribution in [2.45, 2.75) is 38.6 Å². The molecule has 0 saturated heterocycles. The lowest BCUT2D eigenvalue weighted by Gasteiger charge is -2.21. The van der Waals surface area contributed by atoms with Crippen molar-refractivity contribution < 1.29 is 8.78 Å². The highest BCUT2D eigenvalue weighted by Gasteiger charge is 2.28. The van der Waals surface area contributed by atoms with E-state index < -0.39 is 17.7 Å². The third kappa shape index (κ3) is 1.96. The van der Waals surface area contributed by atoms with Crippen molar-refractivity contribution in [1.82, 2.24) is 0 Å². The number of nitrogens with two attached hydrogens (primary N) is 1. The molecular weight excluding hydrogens is 208 g/mol. The van der Waals surface area contributed by atoms with E-state index in [1.54, 1.807) is 6.92 Å². The number of hydrogen-bond donors (Lipinski definition) is 1. The van der Waals surface area contributed by atoms with Gasteiger partial charge in [0.05, 0.1) is 0 Å². The Hall–Kier alpha value is -0.960. The second-order valence-corrected chi connectivity index (χ2v) is 4.66. The molecule has 1 aromatic carbocycles. The summed E-state index contributed by atoms with van der Waals surface area (Å²) >= 11 is 0. The van der Waals surface area contributed by atoms with Crippen LogP contribution in [0.25, 0.3) is 0 Å². The van der Waals surface area contributed by atoms with Crippen molar-refractivity contribution in [1.29, 1.82) is 0 Å².